The van der Waals surface area contributed by atoms with Crippen molar-refractivity contribution in [3.05, 3.63) is 65.7 Å². The minimum atomic E-state index is -0.390. The molecule has 2 rings (SSSR count). The number of rotatable bonds is 5. The van der Waals surface area contributed by atoms with Crippen LogP contribution in [0.3, 0.4) is 0 Å². The Bertz CT molecular complexity index is 680. The molecule has 7 heteroatoms. The van der Waals surface area contributed by atoms with Gasteiger partial charge in [-0.2, -0.15) is 0 Å². The van der Waals surface area contributed by atoms with E-state index >= 15 is 0 Å². The normalized spacial score (nSPS) is 10.4. The molecule has 2 aromatic rings. The number of benzene rings is 2. The summed E-state index contributed by atoms with van der Waals surface area (Å²) in [5.74, 6) is 0. The number of hydrogen-bond acceptors (Lipinski definition) is 3. The molecule has 0 aliphatic rings. The molecule has 0 unspecified atom stereocenters. The van der Waals surface area contributed by atoms with Crippen molar-refractivity contribution in [1.29, 1.82) is 0 Å². The molecule has 110 valence electrons. The van der Waals surface area contributed by atoms with Crippen molar-refractivity contribution in [3.63, 3.8) is 0 Å². The van der Waals surface area contributed by atoms with Gasteiger partial charge in [0, 0.05) is 28.3 Å². The molecule has 0 aromatic heterocycles. The minimum absolute atomic E-state index is 0.113. The predicted octanol–water partition coefficient (Wildman–Crippen LogP) is 5.16. The first-order valence-corrected chi connectivity index (χ1v) is 7.92. The first kappa shape index (κ1) is 16.3. The molecule has 0 saturated heterocycles. The fourth-order valence-electron chi connectivity index (χ4n) is 1.83. The molecule has 4 nitrogen and oxygen atoms in total. The summed E-state index contributed by atoms with van der Waals surface area (Å²) in [4.78, 5) is 10.4. The van der Waals surface area contributed by atoms with E-state index in [-0.39, 0.29) is 10.6 Å². The fourth-order valence-corrected chi connectivity index (χ4v) is 3.05. The summed E-state index contributed by atoms with van der Waals surface area (Å²) < 4.78 is 0.604. The molecule has 0 bridgehead atoms. The number of nitrogens with one attached hydrogen (secondary N) is 1. The van der Waals surface area contributed by atoms with Crippen molar-refractivity contribution >= 4 is 57.2 Å². The van der Waals surface area contributed by atoms with Gasteiger partial charge in [0.1, 0.15) is 0 Å². The summed E-state index contributed by atoms with van der Waals surface area (Å²) in [5.41, 5.74) is 1.96. The molecule has 0 amide bonds. The maximum Gasteiger partial charge on any atom is 0.282 e. The molecule has 0 spiro atoms. The average molecular weight is 437 g/mol. The first-order chi connectivity index (χ1) is 9.97. The predicted molar refractivity (Wildman–Crippen MR) is 94.5 cm³/mol. The summed E-state index contributed by atoms with van der Waals surface area (Å²) in [5, 5.41) is 15.2. The Labute approximate surface area is 145 Å². The molecule has 2 aromatic carbocycles. The maximum atomic E-state index is 10.8. The van der Waals surface area contributed by atoms with Gasteiger partial charge in [0.2, 0.25) is 0 Å². The van der Waals surface area contributed by atoms with Crippen LogP contribution in [-0.2, 0) is 6.42 Å². The van der Waals surface area contributed by atoms with Crippen LogP contribution in [-0.4, -0.2) is 11.5 Å². The Balaban J connectivity index is 1.97. The third-order valence-corrected chi connectivity index (χ3v) is 4.33. The van der Waals surface area contributed by atoms with E-state index in [2.05, 4.69) is 5.32 Å². The Morgan fingerprint density at radius 2 is 1.95 bits per heavy atom. The van der Waals surface area contributed by atoms with Gasteiger partial charge in [0.25, 0.3) is 5.69 Å². The van der Waals surface area contributed by atoms with E-state index in [1.807, 2.05) is 28.7 Å². The van der Waals surface area contributed by atoms with Crippen LogP contribution in [0.4, 0.5) is 11.4 Å². The summed E-state index contributed by atoms with van der Waals surface area (Å²) in [6, 6.07) is 10.4. The third kappa shape index (κ3) is 4.46. The highest BCUT2D eigenvalue weighted by molar-refractivity contribution is 14.1. The number of anilines is 1. The molecule has 0 fully saturated rings. The summed E-state index contributed by atoms with van der Waals surface area (Å²) in [6.07, 6.45) is 0.740. The Hall–Kier alpha value is -1.05. The van der Waals surface area contributed by atoms with Crippen LogP contribution >= 0.6 is 45.8 Å². The topological polar surface area (TPSA) is 55.2 Å². The van der Waals surface area contributed by atoms with E-state index in [1.165, 1.54) is 6.07 Å². The first-order valence-electron chi connectivity index (χ1n) is 6.09. The van der Waals surface area contributed by atoms with E-state index in [0.29, 0.717) is 20.2 Å². The van der Waals surface area contributed by atoms with E-state index in [1.54, 1.807) is 24.3 Å². The number of halogens is 3. The molecular formula is C14H11Cl2IN2O2. The Kier molecular flexibility index (Phi) is 5.66. The van der Waals surface area contributed by atoms with Gasteiger partial charge in [-0.15, -0.1) is 0 Å². The van der Waals surface area contributed by atoms with Gasteiger partial charge < -0.3 is 5.32 Å². The lowest BCUT2D eigenvalue weighted by atomic mass is 10.1. The maximum absolute atomic E-state index is 10.8. The Morgan fingerprint density at radius 3 is 2.57 bits per heavy atom. The molecule has 0 aliphatic carbocycles. The minimum Gasteiger partial charge on any atom is -0.385 e. The van der Waals surface area contributed by atoms with Crippen molar-refractivity contribution in [1.82, 2.24) is 0 Å². The van der Waals surface area contributed by atoms with Gasteiger partial charge >= 0.3 is 0 Å². The smallest absolute Gasteiger partial charge is 0.282 e. The zero-order valence-corrected chi connectivity index (χ0v) is 14.4. The van der Waals surface area contributed by atoms with Gasteiger partial charge in [-0.05, 0) is 58.8 Å². The van der Waals surface area contributed by atoms with Crippen molar-refractivity contribution in [3.8, 4) is 0 Å². The summed E-state index contributed by atoms with van der Waals surface area (Å²) in [7, 11) is 0. The average Bonchev–Trinajstić information content (AvgIpc) is 2.41. The second-order valence-electron chi connectivity index (χ2n) is 4.34. The highest BCUT2D eigenvalue weighted by Gasteiger charge is 2.11. The highest BCUT2D eigenvalue weighted by Crippen LogP contribution is 2.25. The number of nitro benzene ring substituents is 1. The van der Waals surface area contributed by atoms with Crippen LogP contribution in [0.15, 0.2) is 36.4 Å². The van der Waals surface area contributed by atoms with Crippen molar-refractivity contribution in [2.75, 3.05) is 11.9 Å². The number of nitrogens with zero attached hydrogens (tertiary/aromatic N) is 1. The molecule has 1 N–H and O–H groups in total. The number of nitro groups is 1. The third-order valence-electron chi connectivity index (χ3n) is 2.88. The standard InChI is InChI=1S/C14H11Cl2IN2O2/c15-10-2-1-9(12(16)7-10)5-6-18-11-3-4-14(19(20)21)13(17)8-11/h1-4,7-8,18H,5-6H2. The summed E-state index contributed by atoms with van der Waals surface area (Å²) >= 11 is 13.9. The lowest BCUT2D eigenvalue weighted by Crippen LogP contribution is -2.05. The molecular weight excluding hydrogens is 426 g/mol. The van der Waals surface area contributed by atoms with Crippen molar-refractivity contribution < 1.29 is 4.92 Å². The van der Waals surface area contributed by atoms with E-state index < -0.39 is 0 Å². The van der Waals surface area contributed by atoms with Gasteiger partial charge in [-0.3, -0.25) is 10.1 Å². The lowest BCUT2D eigenvalue weighted by Gasteiger charge is -2.08. The van der Waals surface area contributed by atoms with Gasteiger partial charge in [0.15, 0.2) is 0 Å². The van der Waals surface area contributed by atoms with E-state index in [4.69, 9.17) is 23.2 Å². The molecule has 21 heavy (non-hydrogen) atoms. The largest absolute Gasteiger partial charge is 0.385 e. The SMILES string of the molecule is O=[N+]([O-])c1ccc(NCCc2ccc(Cl)cc2Cl)cc1I. The summed E-state index contributed by atoms with van der Waals surface area (Å²) in [6.45, 7) is 0.676. The highest BCUT2D eigenvalue weighted by atomic mass is 127. The van der Waals surface area contributed by atoms with Crippen LogP contribution in [0.25, 0.3) is 0 Å². The van der Waals surface area contributed by atoms with E-state index in [0.717, 1.165) is 17.7 Å². The Morgan fingerprint density at radius 1 is 1.19 bits per heavy atom. The quantitative estimate of drug-likeness (QED) is 0.400. The van der Waals surface area contributed by atoms with Crippen LogP contribution in [0.2, 0.25) is 10.0 Å². The van der Waals surface area contributed by atoms with Gasteiger partial charge in [-0.1, -0.05) is 29.3 Å². The monoisotopic (exact) mass is 436 g/mol. The molecule has 0 saturated carbocycles. The molecule has 0 heterocycles. The van der Waals surface area contributed by atoms with Gasteiger partial charge in [0.05, 0.1) is 8.49 Å². The zero-order chi connectivity index (χ0) is 15.4. The van der Waals surface area contributed by atoms with E-state index in [9.17, 15) is 10.1 Å². The van der Waals surface area contributed by atoms with Crippen molar-refractivity contribution in [2.24, 2.45) is 0 Å². The number of hydrogen-bond donors (Lipinski definition) is 1. The zero-order valence-electron chi connectivity index (χ0n) is 10.8. The van der Waals surface area contributed by atoms with Crippen LogP contribution in [0.1, 0.15) is 5.56 Å². The van der Waals surface area contributed by atoms with Crippen molar-refractivity contribution in [2.45, 2.75) is 6.42 Å². The second kappa shape index (κ2) is 7.29. The van der Waals surface area contributed by atoms with Gasteiger partial charge in [-0.25, -0.2) is 0 Å². The molecule has 0 aliphatic heterocycles. The van der Waals surface area contributed by atoms with Crippen LogP contribution < -0.4 is 5.32 Å². The fraction of sp³-hybridized carbons (Fsp3) is 0.143. The van der Waals surface area contributed by atoms with Crippen LogP contribution in [0.5, 0.6) is 0 Å². The molecule has 0 radical (unpaired) electrons. The van der Waals surface area contributed by atoms with Crippen LogP contribution in [0, 0.1) is 13.7 Å². The lowest BCUT2D eigenvalue weighted by molar-refractivity contribution is -0.385. The molecule has 0 atom stereocenters. The second-order valence-corrected chi connectivity index (χ2v) is 6.34.